The number of alkyl halides is 1. The molecule has 1 amide bonds. The van der Waals surface area contributed by atoms with Crippen molar-refractivity contribution in [1.82, 2.24) is 4.90 Å². The Labute approximate surface area is 116 Å². The van der Waals surface area contributed by atoms with Gasteiger partial charge in [0.25, 0.3) is 0 Å². The second-order valence-corrected chi connectivity index (χ2v) is 5.50. The molecule has 0 spiro atoms. The van der Waals surface area contributed by atoms with Gasteiger partial charge in [-0.2, -0.15) is 0 Å². The lowest BCUT2D eigenvalue weighted by atomic mass is 9.96. The zero-order valence-corrected chi connectivity index (χ0v) is 12.3. The zero-order valence-electron chi connectivity index (χ0n) is 11.5. The van der Waals surface area contributed by atoms with Crippen molar-refractivity contribution in [2.24, 2.45) is 5.92 Å². The number of methoxy groups -OCH3 is 1. The standard InChI is InChI=1S/C14H26ClNO2/c1-18-11-10-16(9-8-15)14(17)12-13-6-4-2-3-5-7-13/h13H,2-12H2,1H3. The number of nitrogens with zero attached hydrogens (tertiary/aromatic N) is 1. The van der Waals surface area contributed by atoms with Crippen LogP contribution < -0.4 is 0 Å². The van der Waals surface area contributed by atoms with Crippen molar-refractivity contribution >= 4 is 17.5 Å². The van der Waals surface area contributed by atoms with Gasteiger partial charge in [0.15, 0.2) is 0 Å². The minimum atomic E-state index is 0.250. The van der Waals surface area contributed by atoms with Crippen LogP contribution in [0, 0.1) is 5.92 Å². The van der Waals surface area contributed by atoms with E-state index in [4.69, 9.17) is 16.3 Å². The summed E-state index contributed by atoms with van der Waals surface area (Å²) >= 11 is 5.75. The summed E-state index contributed by atoms with van der Waals surface area (Å²) < 4.78 is 5.04. The fourth-order valence-electron chi connectivity index (χ4n) is 2.61. The monoisotopic (exact) mass is 275 g/mol. The van der Waals surface area contributed by atoms with Crippen LogP contribution in [0.4, 0.5) is 0 Å². The molecule has 0 unspecified atom stereocenters. The number of rotatable bonds is 7. The van der Waals surface area contributed by atoms with Crippen LogP contribution in [0.15, 0.2) is 0 Å². The molecule has 0 atom stereocenters. The van der Waals surface area contributed by atoms with Crippen LogP contribution in [0.25, 0.3) is 0 Å². The Balaban J connectivity index is 2.38. The molecule has 106 valence electrons. The summed E-state index contributed by atoms with van der Waals surface area (Å²) in [7, 11) is 1.66. The van der Waals surface area contributed by atoms with Crippen molar-refractivity contribution in [3.8, 4) is 0 Å². The molecule has 0 heterocycles. The van der Waals surface area contributed by atoms with Crippen molar-refractivity contribution in [2.75, 3.05) is 32.7 Å². The lowest BCUT2D eigenvalue weighted by Gasteiger charge is -2.24. The van der Waals surface area contributed by atoms with E-state index in [0.717, 1.165) is 0 Å². The summed E-state index contributed by atoms with van der Waals surface area (Å²) in [5, 5.41) is 0. The van der Waals surface area contributed by atoms with E-state index in [-0.39, 0.29) is 5.91 Å². The van der Waals surface area contributed by atoms with Crippen molar-refractivity contribution in [1.29, 1.82) is 0 Å². The lowest BCUT2D eigenvalue weighted by Crippen LogP contribution is -2.36. The van der Waals surface area contributed by atoms with Gasteiger partial charge in [-0.15, -0.1) is 11.6 Å². The molecule has 0 aromatic rings. The van der Waals surface area contributed by atoms with Gasteiger partial charge in [0.1, 0.15) is 0 Å². The van der Waals surface area contributed by atoms with Crippen molar-refractivity contribution in [3.63, 3.8) is 0 Å². The van der Waals surface area contributed by atoms with Crippen LogP contribution in [-0.4, -0.2) is 43.5 Å². The van der Waals surface area contributed by atoms with E-state index in [0.29, 0.717) is 37.9 Å². The van der Waals surface area contributed by atoms with Gasteiger partial charge in [-0.3, -0.25) is 4.79 Å². The van der Waals surface area contributed by atoms with Gasteiger partial charge in [0, 0.05) is 32.5 Å². The predicted molar refractivity (Wildman–Crippen MR) is 75.0 cm³/mol. The van der Waals surface area contributed by atoms with E-state index >= 15 is 0 Å². The summed E-state index contributed by atoms with van der Waals surface area (Å²) in [5.74, 6) is 1.33. The Kier molecular flexibility index (Phi) is 8.44. The first kappa shape index (κ1) is 15.8. The first-order valence-electron chi connectivity index (χ1n) is 7.10. The number of carbonyl (C=O) groups is 1. The van der Waals surface area contributed by atoms with E-state index in [1.165, 1.54) is 38.5 Å². The Bertz CT molecular complexity index is 228. The highest BCUT2D eigenvalue weighted by Gasteiger charge is 2.19. The Hall–Kier alpha value is -0.280. The third kappa shape index (κ3) is 6.05. The molecule has 1 rings (SSSR count). The summed E-state index contributed by atoms with van der Waals surface area (Å²) in [5.41, 5.74) is 0. The number of ether oxygens (including phenoxy) is 1. The number of hydrogen-bond donors (Lipinski definition) is 0. The lowest BCUT2D eigenvalue weighted by molar-refractivity contribution is -0.132. The minimum Gasteiger partial charge on any atom is -0.383 e. The molecule has 1 aliphatic carbocycles. The number of amides is 1. The average Bonchev–Trinajstić information content (AvgIpc) is 2.63. The zero-order chi connectivity index (χ0) is 13.2. The Morgan fingerprint density at radius 1 is 1.22 bits per heavy atom. The van der Waals surface area contributed by atoms with Crippen LogP contribution in [0.2, 0.25) is 0 Å². The molecule has 1 fully saturated rings. The topological polar surface area (TPSA) is 29.5 Å². The highest BCUT2D eigenvalue weighted by Crippen LogP contribution is 2.25. The SMILES string of the molecule is COCCN(CCCl)C(=O)CC1CCCCCC1. The summed E-state index contributed by atoms with van der Waals surface area (Å²) in [4.78, 5) is 14.1. The molecule has 4 heteroatoms. The summed E-state index contributed by atoms with van der Waals surface area (Å²) in [6.45, 7) is 1.89. The molecule has 0 aliphatic heterocycles. The van der Waals surface area contributed by atoms with Crippen LogP contribution in [0.1, 0.15) is 44.9 Å². The molecule has 1 saturated carbocycles. The highest BCUT2D eigenvalue weighted by atomic mass is 35.5. The molecular weight excluding hydrogens is 250 g/mol. The Morgan fingerprint density at radius 3 is 2.44 bits per heavy atom. The van der Waals surface area contributed by atoms with Gasteiger partial charge >= 0.3 is 0 Å². The van der Waals surface area contributed by atoms with Gasteiger partial charge in [-0.1, -0.05) is 25.7 Å². The fourth-order valence-corrected chi connectivity index (χ4v) is 2.81. The Morgan fingerprint density at radius 2 is 1.89 bits per heavy atom. The van der Waals surface area contributed by atoms with Gasteiger partial charge in [-0.25, -0.2) is 0 Å². The van der Waals surface area contributed by atoms with Crippen LogP contribution in [0.3, 0.4) is 0 Å². The normalized spacial score (nSPS) is 17.4. The third-order valence-corrected chi connectivity index (χ3v) is 3.88. The van der Waals surface area contributed by atoms with E-state index in [1.807, 2.05) is 4.90 Å². The smallest absolute Gasteiger partial charge is 0.222 e. The van der Waals surface area contributed by atoms with Crippen LogP contribution in [0.5, 0.6) is 0 Å². The molecule has 0 aromatic heterocycles. The third-order valence-electron chi connectivity index (χ3n) is 3.71. The summed E-state index contributed by atoms with van der Waals surface area (Å²) in [6.07, 6.45) is 8.35. The van der Waals surface area contributed by atoms with E-state index in [1.54, 1.807) is 7.11 Å². The molecule has 0 radical (unpaired) electrons. The van der Waals surface area contributed by atoms with Gasteiger partial charge in [0.2, 0.25) is 5.91 Å². The fraction of sp³-hybridized carbons (Fsp3) is 0.929. The molecule has 18 heavy (non-hydrogen) atoms. The van der Waals surface area contributed by atoms with Crippen molar-refractivity contribution in [2.45, 2.75) is 44.9 Å². The van der Waals surface area contributed by atoms with Gasteiger partial charge in [0.05, 0.1) is 6.61 Å². The van der Waals surface area contributed by atoms with E-state index in [9.17, 15) is 4.79 Å². The van der Waals surface area contributed by atoms with Gasteiger partial charge in [-0.05, 0) is 18.8 Å². The quantitative estimate of drug-likeness (QED) is 0.528. The maximum Gasteiger partial charge on any atom is 0.222 e. The molecule has 0 aromatic carbocycles. The van der Waals surface area contributed by atoms with Crippen LogP contribution in [-0.2, 0) is 9.53 Å². The van der Waals surface area contributed by atoms with Crippen molar-refractivity contribution in [3.05, 3.63) is 0 Å². The first-order chi connectivity index (χ1) is 8.77. The second kappa shape index (κ2) is 9.62. The average molecular weight is 276 g/mol. The number of carbonyl (C=O) groups excluding carboxylic acids is 1. The van der Waals surface area contributed by atoms with Gasteiger partial charge < -0.3 is 9.64 Å². The number of hydrogen-bond acceptors (Lipinski definition) is 2. The summed E-state index contributed by atoms with van der Waals surface area (Å²) in [6, 6.07) is 0. The maximum absolute atomic E-state index is 12.2. The molecular formula is C14H26ClNO2. The largest absolute Gasteiger partial charge is 0.383 e. The van der Waals surface area contributed by atoms with Crippen molar-refractivity contribution < 1.29 is 9.53 Å². The van der Waals surface area contributed by atoms with E-state index in [2.05, 4.69) is 0 Å². The highest BCUT2D eigenvalue weighted by molar-refractivity contribution is 6.18. The second-order valence-electron chi connectivity index (χ2n) is 5.12. The number of halogens is 1. The first-order valence-corrected chi connectivity index (χ1v) is 7.64. The van der Waals surface area contributed by atoms with E-state index < -0.39 is 0 Å². The van der Waals surface area contributed by atoms with Crippen LogP contribution >= 0.6 is 11.6 Å². The molecule has 0 N–H and O–H groups in total. The molecule has 3 nitrogen and oxygen atoms in total. The molecule has 1 aliphatic rings. The minimum absolute atomic E-state index is 0.250. The molecule has 0 saturated heterocycles. The predicted octanol–water partition coefficient (Wildman–Crippen LogP) is 3.06. The maximum atomic E-state index is 12.2. The molecule has 0 bridgehead atoms.